The van der Waals surface area contributed by atoms with Crippen LogP contribution in [-0.4, -0.2) is 48.8 Å². The Morgan fingerprint density at radius 1 is 1.10 bits per heavy atom. The molecule has 1 amide bonds. The van der Waals surface area contributed by atoms with E-state index < -0.39 is 0 Å². The van der Waals surface area contributed by atoms with Crippen molar-refractivity contribution >= 4 is 46.2 Å². The number of thioether (sulfide) groups is 1. The highest BCUT2D eigenvalue weighted by Gasteiger charge is 2.28. The molecule has 0 bridgehead atoms. The number of hydrogen-bond donors (Lipinski definition) is 0. The summed E-state index contributed by atoms with van der Waals surface area (Å²) in [5, 5.41) is 1.54. The van der Waals surface area contributed by atoms with Crippen molar-refractivity contribution in [1.29, 1.82) is 0 Å². The zero-order valence-electron chi connectivity index (χ0n) is 16.2. The summed E-state index contributed by atoms with van der Waals surface area (Å²) in [6.07, 6.45) is 1.89. The quantitative estimate of drug-likeness (QED) is 0.671. The van der Waals surface area contributed by atoms with E-state index in [-0.39, 0.29) is 5.91 Å². The Labute approximate surface area is 180 Å². The van der Waals surface area contributed by atoms with Gasteiger partial charge < -0.3 is 14.5 Å². The van der Waals surface area contributed by atoms with Crippen LogP contribution in [0, 0.1) is 0 Å². The van der Waals surface area contributed by atoms with E-state index in [0.717, 1.165) is 53.4 Å². The molecule has 0 radical (unpaired) electrons. The molecule has 150 valence electrons. The summed E-state index contributed by atoms with van der Waals surface area (Å²) in [6, 6.07) is 15.6. The van der Waals surface area contributed by atoms with Crippen LogP contribution in [0.2, 0.25) is 5.02 Å². The minimum Gasteiger partial charge on any atom is -0.494 e. The van der Waals surface area contributed by atoms with E-state index in [9.17, 15) is 4.79 Å². The summed E-state index contributed by atoms with van der Waals surface area (Å²) in [5.41, 5.74) is 2.09. The molecule has 2 aromatic carbocycles. The van der Waals surface area contributed by atoms with Crippen LogP contribution in [0.25, 0.3) is 6.08 Å². The molecule has 0 saturated carbocycles. The average Bonchev–Trinajstić information content (AvgIpc) is 3.10. The van der Waals surface area contributed by atoms with Gasteiger partial charge in [0.15, 0.2) is 5.17 Å². The monoisotopic (exact) mass is 427 g/mol. The van der Waals surface area contributed by atoms with Crippen molar-refractivity contribution < 1.29 is 9.53 Å². The number of nitrogens with zero attached hydrogens (tertiary/aromatic N) is 3. The van der Waals surface area contributed by atoms with E-state index >= 15 is 0 Å². The van der Waals surface area contributed by atoms with Crippen LogP contribution in [0.4, 0.5) is 5.69 Å². The van der Waals surface area contributed by atoms with Crippen LogP contribution in [0.3, 0.4) is 0 Å². The molecule has 7 heteroatoms. The van der Waals surface area contributed by atoms with Gasteiger partial charge in [0.2, 0.25) is 0 Å². The summed E-state index contributed by atoms with van der Waals surface area (Å²) in [4.78, 5) is 21.8. The summed E-state index contributed by atoms with van der Waals surface area (Å²) < 4.78 is 5.46. The highest BCUT2D eigenvalue weighted by Crippen LogP contribution is 2.31. The van der Waals surface area contributed by atoms with Crippen molar-refractivity contribution in [1.82, 2.24) is 4.90 Å². The topological polar surface area (TPSA) is 45.1 Å². The fraction of sp³-hybridized carbons (Fsp3) is 0.273. The van der Waals surface area contributed by atoms with E-state index in [1.54, 1.807) is 0 Å². The van der Waals surface area contributed by atoms with Crippen LogP contribution in [0.15, 0.2) is 58.4 Å². The second-order valence-electron chi connectivity index (χ2n) is 6.77. The first-order chi connectivity index (χ1) is 14.1. The van der Waals surface area contributed by atoms with Gasteiger partial charge >= 0.3 is 0 Å². The number of amidine groups is 1. The van der Waals surface area contributed by atoms with Gasteiger partial charge in [0.1, 0.15) is 5.75 Å². The molecule has 1 saturated heterocycles. The van der Waals surface area contributed by atoms with Gasteiger partial charge in [-0.3, -0.25) is 4.79 Å². The van der Waals surface area contributed by atoms with E-state index in [1.165, 1.54) is 11.8 Å². The Morgan fingerprint density at radius 3 is 2.52 bits per heavy atom. The lowest BCUT2D eigenvalue weighted by Gasteiger charge is -2.36. The van der Waals surface area contributed by atoms with Crippen molar-refractivity contribution in [3.8, 4) is 5.75 Å². The molecule has 2 aliphatic rings. The Morgan fingerprint density at radius 2 is 1.83 bits per heavy atom. The minimum atomic E-state index is -0.170. The smallest absolute Gasteiger partial charge is 0.286 e. The van der Waals surface area contributed by atoms with Gasteiger partial charge in [0, 0.05) is 36.9 Å². The fourth-order valence-corrected chi connectivity index (χ4v) is 4.49. The van der Waals surface area contributed by atoms with Gasteiger partial charge in [-0.15, -0.1) is 0 Å². The van der Waals surface area contributed by atoms with Gasteiger partial charge in [-0.1, -0.05) is 29.8 Å². The number of carbonyl (C=O) groups excluding carboxylic acids is 1. The summed E-state index contributed by atoms with van der Waals surface area (Å²) in [6.45, 7) is 5.97. The third kappa shape index (κ3) is 4.77. The summed E-state index contributed by atoms with van der Waals surface area (Å²) in [5.74, 6) is 0.658. The van der Waals surface area contributed by atoms with Crippen molar-refractivity contribution in [3.63, 3.8) is 0 Å². The van der Waals surface area contributed by atoms with Crippen LogP contribution in [-0.2, 0) is 4.79 Å². The Balaban J connectivity index is 1.37. The Kier molecular flexibility index (Phi) is 6.11. The Hall–Kier alpha value is -2.44. The first kappa shape index (κ1) is 19.9. The molecule has 2 heterocycles. The molecular weight excluding hydrogens is 406 g/mol. The number of carbonyl (C=O) groups is 1. The number of aliphatic imine (C=N–C) groups is 1. The molecule has 0 aromatic heterocycles. The third-order valence-corrected chi connectivity index (χ3v) is 6.10. The first-order valence-electron chi connectivity index (χ1n) is 9.63. The van der Waals surface area contributed by atoms with Gasteiger partial charge in [-0.25, -0.2) is 0 Å². The standard InChI is InChI=1S/C22H22ClN3O2S/c1-2-28-19-8-6-16(7-9-19)14-20-21(27)24-22(29-20)26-12-10-25(11-13-26)18-5-3-4-17(23)15-18/h3-9,14-15H,2,10-13H2,1H3. The molecule has 0 atom stereocenters. The maximum Gasteiger partial charge on any atom is 0.286 e. The second-order valence-corrected chi connectivity index (χ2v) is 8.21. The molecule has 1 fully saturated rings. The lowest BCUT2D eigenvalue weighted by atomic mass is 10.2. The van der Waals surface area contributed by atoms with E-state index in [0.29, 0.717) is 11.5 Å². The number of anilines is 1. The molecule has 0 N–H and O–H groups in total. The van der Waals surface area contributed by atoms with Gasteiger partial charge in [0.05, 0.1) is 11.5 Å². The molecule has 0 aliphatic carbocycles. The van der Waals surface area contributed by atoms with Crippen LogP contribution in [0.1, 0.15) is 12.5 Å². The fourth-order valence-electron chi connectivity index (χ4n) is 3.34. The van der Waals surface area contributed by atoms with Crippen molar-refractivity contribution in [2.24, 2.45) is 4.99 Å². The number of hydrogen-bond acceptors (Lipinski definition) is 5. The number of piperazine rings is 1. The maximum absolute atomic E-state index is 12.4. The van der Waals surface area contributed by atoms with E-state index in [4.69, 9.17) is 16.3 Å². The van der Waals surface area contributed by atoms with Crippen molar-refractivity contribution in [2.45, 2.75) is 6.92 Å². The average molecular weight is 428 g/mol. The number of rotatable bonds is 4. The molecular formula is C22H22ClN3O2S. The molecule has 0 unspecified atom stereocenters. The maximum atomic E-state index is 12.4. The number of ether oxygens (including phenoxy) is 1. The molecule has 5 nitrogen and oxygen atoms in total. The lowest BCUT2D eigenvalue weighted by Crippen LogP contribution is -2.47. The van der Waals surface area contributed by atoms with Gasteiger partial charge in [-0.2, -0.15) is 4.99 Å². The van der Waals surface area contributed by atoms with Crippen molar-refractivity contribution in [2.75, 3.05) is 37.7 Å². The minimum absolute atomic E-state index is 0.170. The van der Waals surface area contributed by atoms with Crippen LogP contribution in [0.5, 0.6) is 5.75 Å². The predicted octanol–water partition coefficient (Wildman–Crippen LogP) is 4.53. The number of amides is 1. The molecule has 29 heavy (non-hydrogen) atoms. The Bertz CT molecular complexity index is 951. The first-order valence-corrected chi connectivity index (χ1v) is 10.8. The highest BCUT2D eigenvalue weighted by molar-refractivity contribution is 8.18. The second kappa shape index (κ2) is 8.93. The summed E-state index contributed by atoms with van der Waals surface area (Å²) >= 11 is 7.56. The largest absolute Gasteiger partial charge is 0.494 e. The van der Waals surface area contributed by atoms with E-state index in [1.807, 2.05) is 55.5 Å². The lowest BCUT2D eigenvalue weighted by molar-refractivity contribution is -0.113. The number of benzene rings is 2. The molecule has 2 aliphatic heterocycles. The SMILES string of the molecule is CCOc1ccc(C=C2SC(N3CCN(c4cccc(Cl)c4)CC3)=NC2=O)cc1. The van der Waals surface area contributed by atoms with Gasteiger partial charge in [-0.05, 0) is 60.7 Å². The highest BCUT2D eigenvalue weighted by atomic mass is 35.5. The zero-order chi connectivity index (χ0) is 20.2. The molecule has 2 aromatic rings. The van der Waals surface area contributed by atoms with Crippen LogP contribution >= 0.6 is 23.4 Å². The molecule has 4 rings (SSSR count). The van der Waals surface area contributed by atoms with Crippen LogP contribution < -0.4 is 9.64 Å². The zero-order valence-corrected chi connectivity index (χ0v) is 17.7. The number of halogens is 1. The molecule has 0 spiro atoms. The van der Waals surface area contributed by atoms with Gasteiger partial charge in [0.25, 0.3) is 5.91 Å². The third-order valence-electron chi connectivity index (χ3n) is 4.82. The van der Waals surface area contributed by atoms with Crippen molar-refractivity contribution in [3.05, 3.63) is 64.0 Å². The van der Waals surface area contributed by atoms with E-state index in [2.05, 4.69) is 20.9 Å². The summed E-state index contributed by atoms with van der Waals surface area (Å²) in [7, 11) is 0. The predicted molar refractivity (Wildman–Crippen MR) is 121 cm³/mol. The normalized spacial score (nSPS) is 18.3.